The van der Waals surface area contributed by atoms with Gasteiger partial charge in [0.2, 0.25) is 11.8 Å². The monoisotopic (exact) mass is 355 g/mol. The molecule has 0 saturated carbocycles. The van der Waals surface area contributed by atoms with Crippen molar-refractivity contribution < 1.29 is 14.3 Å². The fraction of sp³-hybridized carbons (Fsp3) is 0.333. The first-order valence-electron chi connectivity index (χ1n) is 8.36. The normalized spacial score (nSPS) is 10.9. The first-order valence-corrected chi connectivity index (χ1v) is 8.36. The van der Waals surface area contributed by atoms with E-state index in [4.69, 9.17) is 9.47 Å². The van der Waals surface area contributed by atoms with Crippen LogP contribution < -0.4 is 14.8 Å². The zero-order chi connectivity index (χ0) is 18.5. The molecule has 26 heavy (non-hydrogen) atoms. The zero-order valence-corrected chi connectivity index (χ0v) is 15.0. The molecule has 0 bridgehead atoms. The van der Waals surface area contributed by atoms with Crippen molar-refractivity contribution in [3.05, 3.63) is 36.4 Å². The van der Waals surface area contributed by atoms with Gasteiger partial charge >= 0.3 is 0 Å². The third-order valence-corrected chi connectivity index (χ3v) is 3.76. The number of carbonyl (C=O) groups is 1. The Kier molecular flexibility index (Phi) is 5.31. The smallest absolute Gasteiger partial charge is 0.231 e. The molecule has 0 aliphatic rings. The molecule has 0 fully saturated rings. The summed E-state index contributed by atoms with van der Waals surface area (Å²) in [6, 6.07) is 11.0. The molecule has 3 aromatic rings. The van der Waals surface area contributed by atoms with Crippen LogP contribution in [0.5, 0.6) is 11.6 Å². The summed E-state index contributed by atoms with van der Waals surface area (Å²) in [7, 11) is 1.62. The molecule has 0 radical (unpaired) electrons. The van der Waals surface area contributed by atoms with Crippen LogP contribution in [0.25, 0.3) is 17.0 Å². The highest BCUT2D eigenvalue weighted by atomic mass is 16.5. The van der Waals surface area contributed by atoms with Crippen molar-refractivity contribution in [3.63, 3.8) is 0 Å². The number of hydrogen-bond donors (Lipinski definition) is 1. The largest absolute Gasteiger partial charge is 0.497 e. The molecule has 0 atom stereocenters. The fourth-order valence-corrected chi connectivity index (χ4v) is 2.30. The molecule has 8 nitrogen and oxygen atoms in total. The average Bonchev–Trinajstić information content (AvgIpc) is 3.08. The van der Waals surface area contributed by atoms with Crippen LogP contribution in [-0.2, 0) is 4.79 Å². The first-order chi connectivity index (χ1) is 12.6. The molecule has 1 amide bonds. The van der Waals surface area contributed by atoms with E-state index in [1.54, 1.807) is 23.8 Å². The van der Waals surface area contributed by atoms with Gasteiger partial charge in [-0.2, -0.15) is 4.52 Å². The minimum Gasteiger partial charge on any atom is -0.497 e. The van der Waals surface area contributed by atoms with Gasteiger partial charge in [-0.15, -0.1) is 15.3 Å². The van der Waals surface area contributed by atoms with Crippen LogP contribution in [-0.4, -0.2) is 46.0 Å². The molecule has 0 unspecified atom stereocenters. The molecule has 0 aliphatic carbocycles. The van der Waals surface area contributed by atoms with E-state index >= 15 is 0 Å². The van der Waals surface area contributed by atoms with Gasteiger partial charge in [0.1, 0.15) is 12.4 Å². The molecule has 1 N–H and O–H groups in total. The second-order valence-electron chi connectivity index (χ2n) is 5.99. The van der Waals surface area contributed by atoms with Gasteiger partial charge < -0.3 is 14.8 Å². The second-order valence-corrected chi connectivity index (χ2v) is 5.99. The zero-order valence-electron chi connectivity index (χ0n) is 15.0. The van der Waals surface area contributed by atoms with Gasteiger partial charge in [0, 0.05) is 17.5 Å². The van der Waals surface area contributed by atoms with Gasteiger partial charge in [-0.25, -0.2) is 0 Å². The summed E-state index contributed by atoms with van der Waals surface area (Å²) >= 11 is 0. The molecule has 136 valence electrons. The van der Waals surface area contributed by atoms with Crippen LogP contribution in [0.1, 0.15) is 13.8 Å². The first kappa shape index (κ1) is 17.7. The number of fused-ring (bicyclic) bond motifs is 1. The number of carbonyl (C=O) groups excluding carboxylic acids is 1. The summed E-state index contributed by atoms with van der Waals surface area (Å²) in [4.78, 5) is 11.5. The number of rotatable bonds is 7. The van der Waals surface area contributed by atoms with Crippen molar-refractivity contribution in [3.8, 4) is 23.0 Å². The average molecular weight is 355 g/mol. The lowest BCUT2D eigenvalue weighted by Gasteiger charge is -2.09. The van der Waals surface area contributed by atoms with E-state index < -0.39 is 0 Å². The van der Waals surface area contributed by atoms with Crippen LogP contribution >= 0.6 is 0 Å². The molecule has 3 rings (SSSR count). The third-order valence-electron chi connectivity index (χ3n) is 3.76. The second kappa shape index (κ2) is 7.81. The summed E-state index contributed by atoms with van der Waals surface area (Å²) < 4.78 is 12.4. The van der Waals surface area contributed by atoms with Crippen molar-refractivity contribution in [1.82, 2.24) is 25.1 Å². The molecule has 0 aliphatic heterocycles. The fourth-order valence-electron chi connectivity index (χ4n) is 2.30. The van der Waals surface area contributed by atoms with E-state index in [-0.39, 0.29) is 11.8 Å². The van der Waals surface area contributed by atoms with Crippen LogP contribution in [0.4, 0.5) is 0 Å². The number of nitrogens with zero attached hydrogens (tertiary/aromatic N) is 4. The Bertz CT molecular complexity index is 889. The van der Waals surface area contributed by atoms with Gasteiger partial charge in [0.15, 0.2) is 11.5 Å². The maximum absolute atomic E-state index is 11.5. The van der Waals surface area contributed by atoms with E-state index in [2.05, 4.69) is 20.6 Å². The molecular formula is C18H21N5O3. The van der Waals surface area contributed by atoms with Crippen LogP contribution in [0.3, 0.4) is 0 Å². The number of amides is 1. The van der Waals surface area contributed by atoms with E-state index in [0.717, 1.165) is 11.3 Å². The highest BCUT2D eigenvalue weighted by Gasteiger charge is 2.11. The standard InChI is InChI=1S/C18H21N5O3/c1-12(2)18(24)19-10-11-26-16-9-8-15-20-21-17(23(15)22-16)13-4-6-14(25-3)7-5-13/h4-9,12H,10-11H2,1-3H3,(H,19,24). The van der Waals surface area contributed by atoms with E-state index in [0.29, 0.717) is 30.5 Å². The summed E-state index contributed by atoms with van der Waals surface area (Å²) in [5, 5.41) is 15.6. The molecule has 0 saturated heterocycles. The van der Waals surface area contributed by atoms with Gasteiger partial charge in [-0.05, 0) is 30.3 Å². The number of methoxy groups -OCH3 is 1. The maximum Gasteiger partial charge on any atom is 0.231 e. The molecular weight excluding hydrogens is 334 g/mol. The lowest BCUT2D eigenvalue weighted by atomic mass is 10.2. The molecule has 1 aromatic carbocycles. The van der Waals surface area contributed by atoms with Crippen molar-refractivity contribution >= 4 is 11.6 Å². The summed E-state index contributed by atoms with van der Waals surface area (Å²) in [5.41, 5.74) is 1.49. The SMILES string of the molecule is COc1ccc(-c2nnc3ccc(OCCNC(=O)C(C)C)nn23)cc1. The molecule has 0 spiro atoms. The van der Waals surface area contributed by atoms with E-state index in [1.807, 2.05) is 38.1 Å². The summed E-state index contributed by atoms with van der Waals surface area (Å²) in [5.74, 6) is 1.77. The number of aromatic nitrogens is 4. The van der Waals surface area contributed by atoms with Crippen molar-refractivity contribution in [2.24, 2.45) is 5.92 Å². The molecule has 2 aromatic heterocycles. The van der Waals surface area contributed by atoms with Crippen LogP contribution in [0, 0.1) is 5.92 Å². The Balaban J connectivity index is 1.72. The van der Waals surface area contributed by atoms with Crippen molar-refractivity contribution in [2.45, 2.75) is 13.8 Å². The van der Waals surface area contributed by atoms with Crippen LogP contribution in [0.2, 0.25) is 0 Å². The van der Waals surface area contributed by atoms with Gasteiger partial charge in [0.05, 0.1) is 13.7 Å². The highest BCUT2D eigenvalue weighted by Crippen LogP contribution is 2.21. The minimum atomic E-state index is -0.0476. The quantitative estimate of drug-likeness (QED) is 0.652. The summed E-state index contributed by atoms with van der Waals surface area (Å²) in [6.45, 7) is 4.44. The van der Waals surface area contributed by atoms with Crippen molar-refractivity contribution in [1.29, 1.82) is 0 Å². The number of benzene rings is 1. The third kappa shape index (κ3) is 3.90. The van der Waals surface area contributed by atoms with E-state index in [1.165, 1.54) is 0 Å². The Morgan fingerprint density at radius 1 is 1.15 bits per heavy atom. The maximum atomic E-state index is 11.5. The Hall–Kier alpha value is -3.16. The molecule has 2 heterocycles. The van der Waals surface area contributed by atoms with Crippen molar-refractivity contribution in [2.75, 3.05) is 20.3 Å². The van der Waals surface area contributed by atoms with Crippen LogP contribution in [0.15, 0.2) is 36.4 Å². The lowest BCUT2D eigenvalue weighted by Crippen LogP contribution is -2.31. The Labute approximate surface area is 151 Å². The number of ether oxygens (including phenoxy) is 2. The number of nitrogens with one attached hydrogen (secondary N) is 1. The topological polar surface area (TPSA) is 90.6 Å². The number of hydrogen-bond acceptors (Lipinski definition) is 6. The predicted molar refractivity (Wildman–Crippen MR) is 96.1 cm³/mol. The molecule has 8 heteroatoms. The van der Waals surface area contributed by atoms with E-state index in [9.17, 15) is 4.79 Å². The summed E-state index contributed by atoms with van der Waals surface area (Å²) in [6.07, 6.45) is 0. The Morgan fingerprint density at radius 2 is 1.92 bits per heavy atom. The highest BCUT2D eigenvalue weighted by molar-refractivity contribution is 5.77. The van der Waals surface area contributed by atoms with Gasteiger partial charge in [-0.1, -0.05) is 13.8 Å². The lowest BCUT2D eigenvalue weighted by molar-refractivity contribution is -0.124. The van der Waals surface area contributed by atoms with Gasteiger partial charge in [-0.3, -0.25) is 4.79 Å². The minimum absolute atomic E-state index is 0.00221. The van der Waals surface area contributed by atoms with Gasteiger partial charge in [0.25, 0.3) is 0 Å². The Morgan fingerprint density at radius 3 is 2.62 bits per heavy atom. The predicted octanol–water partition coefficient (Wildman–Crippen LogP) is 1.95.